The van der Waals surface area contributed by atoms with Gasteiger partial charge in [-0.05, 0) is 30.9 Å². The van der Waals surface area contributed by atoms with Crippen LogP contribution in [0.15, 0.2) is 23.4 Å². The molecule has 1 aromatic carbocycles. The summed E-state index contributed by atoms with van der Waals surface area (Å²) in [4.78, 5) is 15.3. The van der Waals surface area contributed by atoms with E-state index in [9.17, 15) is 4.79 Å². The van der Waals surface area contributed by atoms with Gasteiger partial charge in [-0.3, -0.25) is 4.79 Å². The van der Waals surface area contributed by atoms with E-state index < -0.39 is 5.97 Å². The fourth-order valence-corrected chi connectivity index (χ4v) is 3.39. The molecule has 1 aromatic heterocycles. The zero-order valence-corrected chi connectivity index (χ0v) is 12.5. The van der Waals surface area contributed by atoms with Crippen LogP contribution in [0.3, 0.4) is 0 Å². The van der Waals surface area contributed by atoms with Gasteiger partial charge in [-0.25, -0.2) is 4.98 Å². The van der Waals surface area contributed by atoms with Crippen LogP contribution in [0.2, 0.25) is 5.02 Å². The number of benzene rings is 1. The Morgan fingerprint density at radius 1 is 1.50 bits per heavy atom. The number of imidazole rings is 1. The Hall–Kier alpha value is -1.20. The first-order valence-corrected chi connectivity index (χ1v) is 8.01. The quantitative estimate of drug-likeness (QED) is 0.856. The average molecular weight is 311 g/mol. The number of carbonyl (C=O) groups is 1. The number of nitrogens with zero attached hydrogens (tertiary/aromatic N) is 2. The van der Waals surface area contributed by atoms with E-state index in [-0.39, 0.29) is 5.75 Å². The van der Waals surface area contributed by atoms with Gasteiger partial charge >= 0.3 is 5.97 Å². The number of hydrogen-bond acceptors (Lipinski definition) is 3. The summed E-state index contributed by atoms with van der Waals surface area (Å²) in [6.45, 7) is 0.902. The van der Waals surface area contributed by atoms with E-state index in [2.05, 4.69) is 9.55 Å². The summed E-state index contributed by atoms with van der Waals surface area (Å²) in [6.07, 6.45) is 3.77. The number of aromatic nitrogens is 2. The van der Waals surface area contributed by atoms with Crippen molar-refractivity contribution in [3.8, 4) is 0 Å². The second-order valence-electron chi connectivity index (χ2n) is 5.09. The summed E-state index contributed by atoms with van der Waals surface area (Å²) in [5.74, 6) is -0.134. The zero-order chi connectivity index (χ0) is 14.1. The predicted molar refractivity (Wildman–Crippen MR) is 80.4 cm³/mol. The summed E-state index contributed by atoms with van der Waals surface area (Å²) < 4.78 is 2.12. The van der Waals surface area contributed by atoms with E-state index in [1.807, 2.05) is 18.2 Å². The average Bonchev–Trinajstić information content (AvgIpc) is 2.71. The van der Waals surface area contributed by atoms with Crippen LogP contribution in [0.1, 0.15) is 19.3 Å². The van der Waals surface area contributed by atoms with Crippen molar-refractivity contribution in [3.63, 3.8) is 0 Å². The first-order chi connectivity index (χ1) is 9.65. The molecule has 0 saturated heterocycles. The molecular weight excluding hydrogens is 296 g/mol. The van der Waals surface area contributed by atoms with E-state index in [1.54, 1.807) is 0 Å². The van der Waals surface area contributed by atoms with Crippen molar-refractivity contribution in [3.05, 3.63) is 23.2 Å². The van der Waals surface area contributed by atoms with Crippen molar-refractivity contribution in [1.82, 2.24) is 9.55 Å². The lowest BCUT2D eigenvalue weighted by molar-refractivity contribution is -0.133. The largest absolute Gasteiger partial charge is 0.481 e. The molecule has 0 spiro atoms. The molecule has 1 fully saturated rings. The standard InChI is InChI=1S/C14H15ClN2O2S/c15-10-5-2-6-11-13(10)16-14(20-8-12(18)19)17(11)7-9-3-1-4-9/h2,5-6,9H,1,3-4,7-8H2,(H,18,19). The summed E-state index contributed by atoms with van der Waals surface area (Å²) in [5.41, 5.74) is 1.76. The molecule has 20 heavy (non-hydrogen) atoms. The number of carboxylic acids is 1. The van der Waals surface area contributed by atoms with Gasteiger partial charge < -0.3 is 9.67 Å². The summed E-state index contributed by atoms with van der Waals surface area (Å²) in [6, 6.07) is 5.73. The Morgan fingerprint density at radius 2 is 2.30 bits per heavy atom. The number of hydrogen-bond donors (Lipinski definition) is 1. The van der Waals surface area contributed by atoms with Gasteiger partial charge in [0.05, 0.1) is 16.3 Å². The smallest absolute Gasteiger partial charge is 0.313 e. The minimum absolute atomic E-state index is 0.0195. The second kappa shape index (κ2) is 5.66. The molecule has 0 aliphatic heterocycles. The molecule has 0 atom stereocenters. The third kappa shape index (κ3) is 2.65. The van der Waals surface area contributed by atoms with Gasteiger partial charge in [-0.1, -0.05) is 35.9 Å². The van der Waals surface area contributed by atoms with Crippen LogP contribution in [-0.4, -0.2) is 26.4 Å². The number of halogens is 1. The summed E-state index contributed by atoms with van der Waals surface area (Å²) in [7, 11) is 0. The highest BCUT2D eigenvalue weighted by atomic mass is 35.5. The van der Waals surface area contributed by atoms with Crippen LogP contribution in [0, 0.1) is 5.92 Å². The molecule has 1 aliphatic rings. The number of para-hydroxylation sites is 1. The van der Waals surface area contributed by atoms with Gasteiger partial charge in [-0.15, -0.1) is 0 Å². The highest BCUT2D eigenvalue weighted by Crippen LogP contribution is 2.33. The molecule has 0 unspecified atom stereocenters. The van der Waals surface area contributed by atoms with Crippen LogP contribution in [0.5, 0.6) is 0 Å². The third-order valence-corrected chi connectivity index (χ3v) is 4.95. The number of aliphatic carboxylic acids is 1. The third-order valence-electron chi connectivity index (χ3n) is 3.68. The summed E-state index contributed by atoms with van der Waals surface area (Å²) >= 11 is 7.45. The van der Waals surface area contributed by atoms with Crippen LogP contribution in [0.4, 0.5) is 0 Å². The van der Waals surface area contributed by atoms with Gasteiger partial charge in [0.15, 0.2) is 5.16 Å². The number of fused-ring (bicyclic) bond motifs is 1. The molecule has 106 valence electrons. The van der Waals surface area contributed by atoms with E-state index in [0.717, 1.165) is 22.7 Å². The van der Waals surface area contributed by atoms with E-state index >= 15 is 0 Å². The molecule has 2 aromatic rings. The highest BCUT2D eigenvalue weighted by molar-refractivity contribution is 7.99. The lowest BCUT2D eigenvalue weighted by Crippen LogP contribution is -2.18. The Labute approximate surface area is 126 Å². The topological polar surface area (TPSA) is 55.1 Å². The van der Waals surface area contributed by atoms with Crippen molar-refractivity contribution >= 4 is 40.4 Å². The van der Waals surface area contributed by atoms with E-state index in [4.69, 9.17) is 16.7 Å². The molecule has 0 amide bonds. The molecule has 1 N–H and O–H groups in total. The lowest BCUT2D eigenvalue weighted by atomic mass is 9.85. The minimum atomic E-state index is -0.830. The molecule has 4 nitrogen and oxygen atoms in total. The maximum Gasteiger partial charge on any atom is 0.313 e. The fourth-order valence-electron chi connectivity index (χ4n) is 2.44. The van der Waals surface area contributed by atoms with Crippen LogP contribution < -0.4 is 0 Å². The van der Waals surface area contributed by atoms with E-state index in [1.165, 1.54) is 31.0 Å². The first kappa shape index (κ1) is 13.8. The number of carboxylic acid groups (broad SMARTS) is 1. The van der Waals surface area contributed by atoms with Crippen molar-refractivity contribution in [2.24, 2.45) is 5.92 Å². The van der Waals surface area contributed by atoms with Crippen LogP contribution in [0.25, 0.3) is 11.0 Å². The molecular formula is C14H15ClN2O2S. The maximum absolute atomic E-state index is 10.8. The molecule has 0 bridgehead atoms. The highest BCUT2D eigenvalue weighted by Gasteiger charge is 2.22. The monoisotopic (exact) mass is 310 g/mol. The number of rotatable bonds is 5. The minimum Gasteiger partial charge on any atom is -0.481 e. The molecule has 6 heteroatoms. The molecule has 3 rings (SSSR count). The van der Waals surface area contributed by atoms with Gasteiger partial charge in [0.25, 0.3) is 0 Å². The van der Waals surface area contributed by atoms with Crippen LogP contribution in [-0.2, 0) is 11.3 Å². The Kier molecular flexibility index (Phi) is 3.89. The van der Waals surface area contributed by atoms with Gasteiger partial charge in [-0.2, -0.15) is 0 Å². The van der Waals surface area contributed by atoms with Gasteiger partial charge in [0, 0.05) is 6.54 Å². The zero-order valence-electron chi connectivity index (χ0n) is 10.9. The molecule has 1 aliphatic carbocycles. The van der Waals surface area contributed by atoms with E-state index in [0.29, 0.717) is 10.9 Å². The van der Waals surface area contributed by atoms with Crippen molar-refractivity contribution in [2.45, 2.75) is 31.0 Å². The molecule has 1 heterocycles. The maximum atomic E-state index is 10.8. The van der Waals surface area contributed by atoms with Gasteiger partial charge in [0.1, 0.15) is 5.52 Å². The first-order valence-electron chi connectivity index (χ1n) is 6.64. The predicted octanol–water partition coefficient (Wildman–Crippen LogP) is 3.67. The normalized spacial score (nSPS) is 15.4. The second-order valence-corrected chi connectivity index (χ2v) is 6.44. The SMILES string of the molecule is O=C(O)CSc1nc2c(Cl)cccc2n1CC1CCC1. The Balaban J connectivity index is 1.98. The lowest BCUT2D eigenvalue weighted by Gasteiger charge is -2.26. The Bertz CT molecular complexity index is 652. The summed E-state index contributed by atoms with van der Waals surface area (Å²) in [5, 5.41) is 10.2. The molecule has 0 radical (unpaired) electrons. The van der Waals surface area contributed by atoms with Crippen molar-refractivity contribution < 1.29 is 9.90 Å². The van der Waals surface area contributed by atoms with Crippen LogP contribution >= 0.6 is 23.4 Å². The molecule has 1 saturated carbocycles. The van der Waals surface area contributed by atoms with Crippen molar-refractivity contribution in [2.75, 3.05) is 5.75 Å². The van der Waals surface area contributed by atoms with Gasteiger partial charge in [0.2, 0.25) is 0 Å². The fraction of sp³-hybridized carbons (Fsp3) is 0.429. The number of thioether (sulfide) groups is 1. The van der Waals surface area contributed by atoms with Crippen molar-refractivity contribution in [1.29, 1.82) is 0 Å². The Morgan fingerprint density at radius 3 is 2.95 bits per heavy atom.